The highest BCUT2D eigenvalue weighted by atomic mass is 79.9. The number of halogens is 2. The van der Waals surface area contributed by atoms with Gasteiger partial charge in [0.2, 0.25) is 5.78 Å². The van der Waals surface area contributed by atoms with Gasteiger partial charge in [-0.25, -0.2) is 0 Å². The molecule has 1 N–H and O–H groups in total. The first-order valence-corrected chi connectivity index (χ1v) is 5.90. The second-order valence-corrected chi connectivity index (χ2v) is 4.81. The molecule has 0 atom stereocenters. The van der Waals surface area contributed by atoms with Crippen LogP contribution in [0.1, 0.15) is 16.1 Å². The molecule has 0 aliphatic rings. The molecule has 0 saturated carbocycles. The zero-order chi connectivity index (χ0) is 10.8. The Bertz CT molecular complexity index is 491. The van der Waals surface area contributed by atoms with Crippen molar-refractivity contribution in [3.63, 3.8) is 0 Å². The average molecular weight is 329 g/mol. The summed E-state index contributed by atoms with van der Waals surface area (Å²) in [6, 6.07) is 9.06. The number of hydrogen-bond donors (Lipinski definition) is 1. The van der Waals surface area contributed by atoms with Crippen molar-refractivity contribution < 1.29 is 4.79 Å². The number of benzene rings is 1. The summed E-state index contributed by atoms with van der Waals surface area (Å²) >= 11 is 6.71. The van der Waals surface area contributed by atoms with E-state index in [2.05, 4.69) is 36.8 Å². The van der Waals surface area contributed by atoms with Crippen molar-refractivity contribution in [2.24, 2.45) is 0 Å². The number of carbonyl (C=O) groups is 1. The maximum absolute atomic E-state index is 12.0. The molecule has 76 valence electrons. The van der Waals surface area contributed by atoms with Gasteiger partial charge in [0, 0.05) is 20.7 Å². The molecule has 2 nitrogen and oxygen atoms in total. The summed E-state index contributed by atoms with van der Waals surface area (Å²) in [5.74, 6) is -0.0145. The Morgan fingerprint density at radius 3 is 2.60 bits per heavy atom. The fourth-order valence-corrected chi connectivity index (χ4v) is 2.52. The molecule has 4 heteroatoms. The molecule has 15 heavy (non-hydrogen) atoms. The minimum atomic E-state index is -0.0145. The molecule has 1 heterocycles. The average Bonchev–Trinajstić information content (AvgIpc) is 2.69. The van der Waals surface area contributed by atoms with E-state index >= 15 is 0 Å². The van der Waals surface area contributed by atoms with Gasteiger partial charge in [0.1, 0.15) is 0 Å². The van der Waals surface area contributed by atoms with Crippen molar-refractivity contribution in [1.29, 1.82) is 0 Å². The number of H-pyrrole nitrogens is 1. The largest absolute Gasteiger partial charge is 0.359 e. The predicted molar refractivity (Wildman–Crippen MR) is 66.1 cm³/mol. The third kappa shape index (κ3) is 2.21. The Balaban J connectivity index is 2.42. The molecule has 0 fully saturated rings. The van der Waals surface area contributed by atoms with E-state index in [4.69, 9.17) is 0 Å². The van der Waals surface area contributed by atoms with Crippen LogP contribution < -0.4 is 0 Å². The standard InChI is InChI=1S/C11H7Br2NO/c12-7-3-4-8(9(13)6-7)11(15)10-2-1-5-14-10/h1-6,14H. The molecule has 1 aromatic heterocycles. The lowest BCUT2D eigenvalue weighted by molar-refractivity contribution is 0.103. The lowest BCUT2D eigenvalue weighted by Crippen LogP contribution is -2.02. The fourth-order valence-electron chi connectivity index (χ4n) is 1.29. The number of aromatic nitrogens is 1. The van der Waals surface area contributed by atoms with Crippen LogP contribution in [0, 0.1) is 0 Å². The summed E-state index contributed by atoms with van der Waals surface area (Å²) in [7, 11) is 0. The monoisotopic (exact) mass is 327 g/mol. The summed E-state index contributed by atoms with van der Waals surface area (Å²) in [6.45, 7) is 0. The Hall–Kier alpha value is -0.870. The molecule has 0 amide bonds. The second-order valence-electron chi connectivity index (χ2n) is 3.04. The first-order chi connectivity index (χ1) is 7.18. The van der Waals surface area contributed by atoms with E-state index in [0.717, 1.165) is 8.95 Å². The second kappa shape index (κ2) is 4.33. The molecule has 0 aliphatic heterocycles. The van der Waals surface area contributed by atoms with Crippen molar-refractivity contribution in [2.45, 2.75) is 0 Å². The molecule has 2 aromatic rings. The van der Waals surface area contributed by atoms with E-state index < -0.39 is 0 Å². The molecule has 0 saturated heterocycles. The Morgan fingerprint density at radius 1 is 1.20 bits per heavy atom. The molecule has 0 bridgehead atoms. The van der Waals surface area contributed by atoms with E-state index in [1.54, 1.807) is 24.4 Å². The van der Waals surface area contributed by atoms with E-state index in [1.165, 1.54) is 0 Å². The van der Waals surface area contributed by atoms with Crippen LogP contribution in [0.2, 0.25) is 0 Å². The van der Waals surface area contributed by atoms with E-state index in [-0.39, 0.29) is 5.78 Å². The normalized spacial score (nSPS) is 10.3. The predicted octanol–water partition coefficient (Wildman–Crippen LogP) is 3.77. The van der Waals surface area contributed by atoms with Gasteiger partial charge >= 0.3 is 0 Å². The van der Waals surface area contributed by atoms with Crippen LogP contribution in [-0.4, -0.2) is 10.8 Å². The molecular formula is C11H7Br2NO. The SMILES string of the molecule is O=C(c1ccc[nH]1)c1ccc(Br)cc1Br. The summed E-state index contributed by atoms with van der Waals surface area (Å²) < 4.78 is 1.73. The number of ketones is 1. The quantitative estimate of drug-likeness (QED) is 0.836. The van der Waals surface area contributed by atoms with E-state index in [9.17, 15) is 4.79 Å². The molecule has 0 radical (unpaired) electrons. The van der Waals surface area contributed by atoms with Crippen LogP contribution in [0.25, 0.3) is 0 Å². The highest BCUT2D eigenvalue weighted by Crippen LogP contribution is 2.23. The van der Waals surface area contributed by atoms with Crippen molar-refractivity contribution in [2.75, 3.05) is 0 Å². The number of aromatic amines is 1. The van der Waals surface area contributed by atoms with Gasteiger partial charge in [-0.1, -0.05) is 15.9 Å². The van der Waals surface area contributed by atoms with Gasteiger partial charge in [0.05, 0.1) is 5.69 Å². The Morgan fingerprint density at radius 2 is 2.00 bits per heavy atom. The van der Waals surface area contributed by atoms with Crippen LogP contribution in [0.5, 0.6) is 0 Å². The number of rotatable bonds is 2. The smallest absolute Gasteiger partial charge is 0.210 e. The van der Waals surface area contributed by atoms with Crippen molar-refractivity contribution in [1.82, 2.24) is 4.98 Å². The lowest BCUT2D eigenvalue weighted by Gasteiger charge is -2.02. The van der Waals surface area contributed by atoms with E-state index in [0.29, 0.717) is 11.3 Å². The van der Waals surface area contributed by atoms with Gasteiger partial charge in [0.25, 0.3) is 0 Å². The molecule has 0 unspecified atom stereocenters. The summed E-state index contributed by atoms with van der Waals surface area (Å²) in [4.78, 5) is 14.9. The zero-order valence-corrected chi connectivity index (χ0v) is 10.8. The number of carbonyl (C=O) groups excluding carboxylic acids is 1. The first-order valence-electron chi connectivity index (χ1n) is 4.31. The minimum Gasteiger partial charge on any atom is -0.359 e. The zero-order valence-electron chi connectivity index (χ0n) is 7.63. The number of hydrogen-bond acceptors (Lipinski definition) is 1. The van der Waals surface area contributed by atoms with Crippen LogP contribution >= 0.6 is 31.9 Å². The molecular weight excluding hydrogens is 322 g/mol. The van der Waals surface area contributed by atoms with Crippen LogP contribution in [0.4, 0.5) is 0 Å². The van der Waals surface area contributed by atoms with Gasteiger partial charge in [0.15, 0.2) is 0 Å². The Kier molecular flexibility index (Phi) is 3.07. The topological polar surface area (TPSA) is 32.9 Å². The molecule has 1 aromatic carbocycles. The van der Waals surface area contributed by atoms with Crippen LogP contribution in [0.3, 0.4) is 0 Å². The van der Waals surface area contributed by atoms with Gasteiger partial charge in [-0.3, -0.25) is 4.79 Å². The maximum Gasteiger partial charge on any atom is 0.210 e. The molecule has 0 spiro atoms. The third-order valence-corrected chi connectivity index (χ3v) is 3.17. The highest BCUT2D eigenvalue weighted by Gasteiger charge is 2.12. The van der Waals surface area contributed by atoms with Crippen molar-refractivity contribution in [3.05, 3.63) is 56.7 Å². The van der Waals surface area contributed by atoms with E-state index in [1.807, 2.05) is 12.1 Å². The van der Waals surface area contributed by atoms with Gasteiger partial charge in [-0.2, -0.15) is 0 Å². The maximum atomic E-state index is 12.0. The highest BCUT2D eigenvalue weighted by molar-refractivity contribution is 9.11. The van der Waals surface area contributed by atoms with Gasteiger partial charge in [-0.05, 0) is 46.3 Å². The summed E-state index contributed by atoms with van der Waals surface area (Å²) in [5.41, 5.74) is 1.25. The first kappa shape index (κ1) is 10.6. The van der Waals surface area contributed by atoms with Crippen LogP contribution in [-0.2, 0) is 0 Å². The molecule has 0 aliphatic carbocycles. The van der Waals surface area contributed by atoms with Crippen LogP contribution in [0.15, 0.2) is 45.5 Å². The van der Waals surface area contributed by atoms with Crippen molar-refractivity contribution >= 4 is 37.6 Å². The summed E-state index contributed by atoms with van der Waals surface area (Å²) in [5, 5.41) is 0. The third-order valence-electron chi connectivity index (χ3n) is 2.02. The minimum absolute atomic E-state index is 0.0145. The Labute approximate surface area is 104 Å². The number of nitrogens with one attached hydrogen (secondary N) is 1. The lowest BCUT2D eigenvalue weighted by atomic mass is 10.1. The fraction of sp³-hybridized carbons (Fsp3) is 0. The van der Waals surface area contributed by atoms with Crippen molar-refractivity contribution in [3.8, 4) is 0 Å². The van der Waals surface area contributed by atoms with Gasteiger partial charge < -0.3 is 4.98 Å². The summed E-state index contributed by atoms with van der Waals surface area (Å²) in [6.07, 6.45) is 1.74. The van der Waals surface area contributed by atoms with Gasteiger partial charge in [-0.15, -0.1) is 0 Å². The molecule has 2 rings (SSSR count).